The van der Waals surface area contributed by atoms with Gasteiger partial charge in [0.05, 0.1) is 6.07 Å². The van der Waals surface area contributed by atoms with Crippen molar-refractivity contribution in [2.24, 2.45) is 5.92 Å². The minimum Gasteiger partial charge on any atom is -0.447 e. The van der Waals surface area contributed by atoms with E-state index in [-0.39, 0.29) is 5.76 Å². The second-order valence-electron chi connectivity index (χ2n) is 4.25. The fourth-order valence-electron chi connectivity index (χ4n) is 1.72. The van der Waals surface area contributed by atoms with Gasteiger partial charge in [-0.2, -0.15) is 5.26 Å². The van der Waals surface area contributed by atoms with E-state index in [1.807, 2.05) is 0 Å². The van der Waals surface area contributed by atoms with Crippen LogP contribution in [0.1, 0.15) is 10.6 Å². The maximum atomic E-state index is 12.2. The highest BCUT2D eigenvalue weighted by molar-refractivity contribution is 7.98. The van der Waals surface area contributed by atoms with Crippen molar-refractivity contribution in [2.45, 2.75) is 5.09 Å². The van der Waals surface area contributed by atoms with Crippen LogP contribution in [0.4, 0.5) is 5.69 Å². The highest BCUT2D eigenvalue weighted by Gasteiger charge is 2.30. The zero-order valence-corrected chi connectivity index (χ0v) is 13.1. The highest BCUT2D eigenvalue weighted by atomic mass is 35.5. The Kier molecular flexibility index (Phi) is 5.26. The summed E-state index contributed by atoms with van der Waals surface area (Å²) in [5.74, 6) is -2.91. The molecule has 0 spiro atoms. The van der Waals surface area contributed by atoms with Crippen molar-refractivity contribution < 1.29 is 14.0 Å². The van der Waals surface area contributed by atoms with Crippen LogP contribution < -0.4 is 5.32 Å². The van der Waals surface area contributed by atoms with Crippen LogP contribution in [0.2, 0.25) is 5.02 Å². The summed E-state index contributed by atoms with van der Waals surface area (Å²) < 4.78 is 5.26. The minimum absolute atomic E-state index is 0.0165. The number of nitriles is 1. The summed E-state index contributed by atoms with van der Waals surface area (Å²) in [4.78, 5) is 24.3. The molecule has 0 unspecified atom stereocenters. The molecular formula is C15H11ClN2O3S. The Bertz CT molecular complexity index is 751. The fourth-order valence-corrected chi connectivity index (χ4v) is 2.29. The molecule has 0 aliphatic heterocycles. The lowest BCUT2D eigenvalue weighted by molar-refractivity contribution is -0.117. The van der Waals surface area contributed by atoms with E-state index in [0.717, 1.165) is 0 Å². The molecule has 1 atom stereocenters. The Morgan fingerprint density at radius 1 is 1.36 bits per heavy atom. The maximum absolute atomic E-state index is 12.2. The van der Waals surface area contributed by atoms with Crippen molar-refractivity contribution in [3.05, 3.63) is 47.2 Å². The monoisotopic (exact) mass is 334 g/mol. The molecule has 1 aromatic carbocycles. The van der Waals surface area contributed by atoms with E-state index in [1.165, 1.54) is 23.9 Å². The Morgan fingerprint density at radius 2 is 2.14 bits per heavy atom. The van der Waals surface area contributed by atoms with Gasteiger partial charge in [-0.3, -0.25) is 9.59 Å². The molecule has 0 radical (unpaired) electrons. The lowest BCUT2D eigenvalue weighted by Crippen LogP contribution is -2.28. The van der Waals surface area contributed by atoms with Crippen molar-refractivity contribution in [3.8, 4) is 6.07 Å². The number of nitrogens with zero attached hydrogens (tertiary/aromatic N) is 1. The number of Topliss-reactive ketones (excluding diaryl/α,β-unsaturated/α-hetero) is 1. The van der Waals surface area contributed by atoms with E-state index >= 15 is 0 Å². The average molecular weight is 335 g/mol. The van der Waals surface area contributed by atoms with E-state index in [1.54, 1.807) is 36.6 Å². The number of hydrogen-bond donors (Lipinski definition) is 1. The molecule has 1 aromatic heterocycles. The van der Waals surface area contributed by atoms with Crippen molar-refractivity contribution in [1.82, 2.24) is 0 Å². The summed E-state index contributed by atoms with van der Waals surface area (Å²) in [5, 5.41) is 12.6. The molecule has 0 aliphatic rings. The SMILES string of the molecule is CSc1ccc(C(=O)[C@H](C#N)C(=O)Nc2cccc(Cl)c2)o1. The number of anilines is 1. The third-order valence-electron chi connectivity index (χ3n) is 2.77. The number of rotatable bonds is 5. The Hall–Kier alpha value is -2.23. The standard InChI is InChI=1S/C15H11ClN2O3S/c1-22-13-6-5-12(21-13)14(19)11(8-17)15(20)18-10-4-2-3-9(16)7-10/h2-7,11H,1H3,(H,18,20)/t11-/m0/s1. The number of benzene rings is 1. The predicted molar refractivity (Wildman–Crippen MR) is 84.0 cm³/mol. The van der Waals surface area contributed by atoms with Crippen LogP contribution in [0, 0.1) is 17.2 Å². The van der Waals surface area contributed by atoms with Gasteiger partial charge in [-0.15, -0.1) is 0 Å². The first-order valence-corrected chi connectivity index (χ1v) is 7.79. The molecule has 1 amide bonds. The van der Waals surface area contributed by atoms with Crippen molar-refractivity contribution in [2.75, 3.05) is 11.6 Å². The number of thioether (sulfide) groups is 1. The smallest absolute Gasteiger partial charge is 0.249 e. The summed E-state index contributed by atoms with van der Waals surface area (Å²) in [6.07, 6.45) is 1.79. The van der Waals surface area contributed by atoms with E-state index in [4.69, 9.17) is 21.3 Å². The van der Waals surface area contributed by atoms with Crippen molar-refractivity contribution >= 4 is 40.7 Å². The highest BCUT2D eigenvalue weighted by Crippen LogP contribution is 2.21. The Balaban J connectivity index is 2.15. The molecular weight excluding hydrogens is 324 g/mol. The topological polar surface area (TPSA) is 83.1 Å². The molecule has 2 rings (SSSR count). The maximum Gasteiger partial charge on any atom is 0.249 e. The number of amides is 1. The minimum atomic E-state index is -1.49. The van der Waals surface area contributed by atoms with E-state index in [0.29, 0.717) is 15.8 Å². The first kappa shape index (κ1) is 16.1. The molecule has 0 bridgehead atoms. The molecule has 112 valence electrons. The van der Waals surface area contributed by atoms with E-state index in [2.05, 4.69) is 5.32 Å². The number of furan rings is 1. The van der Waals surface area contributed by atoms with Gasteiger partial charge in [-0.25, -0.2) is 0 Å². The van der Waals surface area contributed by atoms with Gasteiger partial charge in [0.2, 0.25) is 11.7 Å². The molecule has 1 N–H and O–H groups in total. The summed E-state index contributed by atoms with van der Waals surface area (Å²) in [7, 11) is 0. The zero-order valence-electron chi connectivity index (χ0n) is 11.5. The van der Waals surface area contributed by atoms with Gasteiger partial charge >= 0.3 is 0 Å². The van der Waals surface area contributed by atoms with Gasteiger partial charge in [0.15, 0.2) is 16.8 Å². The van der Waals surface area contributed by atoms with Crippen molar-refractivity contribution in [3.63, 3.8) is 0 Å². The van der Waals surface area contributed by atoms with Gasteiger partial charge in [-0.05, 0) is 36.6 Å². The summed E-state index contributed by atoms with van der Waals surface area (Å²) in [5.41, 5.74) is 0.412. The fraction of sp³-hybridized carbons (Fsp3) is 0.133. The van der Waals surface area contributed by atoms with Crippen LogP contribution in [-0.4, -0.2) is 17.9 Å². The molecule has 0 saturated carbocycles. The number of hydrogen-bond acceptors (Lipinski definition) is 5. The second kappa shape index (κ2) is 7.16. The average Bonchev–Trinajstić information content (AvgIpc) is 2.96. The molecule has 1 heterocycles. The predicted octanol–water partition coefficient (Wildman–Crippen LogP) is 3.62. The third-order valence-corrected chi connectivity index (χ3v) is 3.63. The molecule has 0 aliphatic carbocycles. The molecule has 0 saturated heterocycles. The van der Waals surface area contributed by atoms with Crippen LogP contribution >= 0.6 is 23.4 Å². The lowest BCUT2D eigenvalue weighted by atomic mass is 10.0. The van der Waals surface area contributed by atoms with Crippen LogP contribution in [-0.2, 0) is 4.79 Å². The molecule has 2 aromatic rings. The van der Waals surface area contributed by atoms with Crippen molar-refractivity contribution in [1.29, 1.82) is 5.26 Å². The summed E-state index contributed by atoms with van der Waals surface area (Å²) in [6, 6.07) is 11.2. The number of carbonyl (C=O) groups is 2. The van der Waals surface area contributed by atoms with Crippen LogP contribution in [0.5, 0.6) is 0 Å². The lowest BCUT2D eigenvalue weighted by Gasteiger charge is -2.08. The molecule has 5 nitrogen and oxygen atoms in total. The Labute approximate surface area is 136 Å². The van der Waals surface area contributed by atoms with Gasteiger partial charge in [-0.1, -0.05) is 29.4 Å². The number of ketones is 1. The van der Waals surface area contributed by atoms with Gasteiger partial charge in [0, 0.05) is 10.7 Å². The summed E-state index contributed by atoms with van der Waals surface area (Å²) in [6.45, 7) is 0. The first-order valence-electron chi connectivity index (χ1n) is 6.19. The molecule has 0 fully saturated rings. The van der Waals surface area contributed by atoms with E-state index < -0.39 is 17.6 Å². The van der Waals surface area contributed by atoms with Gasteiger partial charge < -0.3 is 9.73 Å². The number of carbonyl (C=O) groups excluding carboxylic acids is 2. The number of halogens is 1. The van der Waals surface area contributed by atoms with Crippen LogP contribution in [0.15, 0.2) is 45.9 Å². The largest absolute Gasteiger partial charge is 0.447 e. The molecule has 7 heteroatoms. The molecule has 22 heavy (non-hydrogen) atoms. The third kappa shape index (κ3) is 3.70. The normalized spacial score (nSPS) is 11.5. The van der Waals surface area contributed by atoms with Gasteiger partial charge in [0.25, 0.3) is 0 Å². The quantitative estimate of drug-likeness (QED) is 0.513. The van der Waals surface area contributed by atoms with E-state index in [9.17, 15) is 9.59 Å². The second-order valence-corrected chi connectivity index (χ2v) is 5.50. The Morgan fingerprint density at radius 3 is 2.73 bits per heavy atom. The first-order chi connectivity index (χ1) is 10.5. The number of nitrogens with one attached hydrogen (secondary N) is 1. The zero-order chi connectivity index (χ0) is 16.1. The summed E-state index contributed by atoms with van der Waals surface area (Å²) >= 11 is 7.14. The van der Waals surface area contributed by atoms with Crippen LogP contribution in [0.3, 0.4) is 0 Å². The van der Waals surface area contributed by atoms with Gasteiger partial charge in [0.1, 0.15) is 0 Å². The van der Waals surface area contributed by atoms with Crippen LogP contribution in [0.25, 0.3) is 0 Å².